The van der Waals surface area contributed by atoms with Gasteiger partial charge in [-0.25, -0.2) is 4.98 Å². The molecule has 2 aromatic heterocycles. The van der Waals surface area contributed by atoms with Crippen molar-refractivity contribution >= 4 is 5.52 Å². The molecule has 0 aliphatic heterocycles. The van der Waals surface area contributed by atoms with Crippen LogP contribution >= 0.6 is 0 Å². The van der Waals surface area contributed by atoms with Crippen molar-refractivity contribution in [1.82, 2.24) is 9.38 Å². The van der Waals surface area contributed by atoms with Crippen molar-refractivity contribution in [3.8, 4) is 0 Å². The minimum Gasteiger partial charge on any atom is -0.373 e. The molecule has 0 N–H and O–H groups in total. The van der Waals surface area contributed by atoms with Gasteiger partial charge in [-0.1, -0.05) is 40.5 Å². The summed E-state index contributed by atoms with van der Waals surface area (Å²) in [5, 5.41) is 0. The summed E-state index contributed by atoms with van der Waals surface area (Å²) in [6.45, 7) is 12.2. The summed E-state index contributed by atoms with van der Waals surface area (Å²) in [6, 6.07) is 2.26. The number of hydrogen-bond donors (Lipinski definition) is 0. The first-order valence-electron chi connectivity index (χ1n) is 9.52. The Hall–Kier alpha value is -1.35. The zero-order chi connectivity index (χ0) is 17.3. The van der Waals surface area contributed by atoms with Crippen LogP contribution in [0.3, 0.4) is 0 Å². The lowest BCUT2D eigenvalue weighted by Crippen LogP contribution is -2.33. The number of aromatic nitrogens is 2. The maximum absolute atomic E-state index is 6.43. The maximum Gasteiger partial charge on any atom is 0.0992 e. The predicted octanol–water partition coefficient (Wildman–Crippen LogP) is 5.75. The van der Waals surface area contributed by atoms with E-state index in [1.165, 1.54) is 42.3 Å². The molecule has 1 saturated carbocycles. The maximum atomic E-state index is 6.43. The number of pyridine rings is 1. The van der Waals surface area contributed by atoms with E-state index in [2.05, 4.69) is 56.3 Å². The van der Waals surface area contributed by atoms with Crippen molar-refractivity contribution in [2.45, 2.75) is 72.3 Å². The Morgan fingerprint density at radius 2 is 2.04 bits per heavy atom. The normalized spacial score (nSPS) is 26.2. The first-order valence-corrected chi connectivity index (χ1v) is 9.52. The van der Waals surface area contributed by atoms with Crippen molar-refractivity contribution in [2.24, 2.45) is 11.3 Å². The molecule has 1 aliphatic carbocycles. The highest BCUT2D eigenvalue weighted by atomic mass is 16.5. The van der Waals surface area contributed by atoms with E-state index in [1.807, 2.05) is 12.5 Å². The third kappa shape index (κ3) is 3.11. The van der Waals surface area contributed by atoms with Gasteiger partial charge in [-0.3, -0.25) is 0 Å². The summed E-state index contributed by atoms with van der Waals surface area (Å²) in [6.07, 6.45) is 11.3. The standard InChI is InChI=1S/C21H32N2O/c1-6-24-20(21(5)10-7-16(4)8-11-21)19-17(15(2)3)9-12-23-14-22-13-18(19)23/h9,12-16,20H,6-8,10-11H2,1-5H3/t16?,20-,21?/m0/s1. The Morgan fingerprint density at radius 1 is 1.33 bits per heavy atom. The second-order valence-corrected chi connectivity index (χ2v) is 8.20. The van der Waals surface area contributed by atoms with Gasteiger partial charge >= 0.3 is 0 Å². The van der Waals surface area contributed by atoms with Gasteiger partial charge in [0.1, 0.15) is 0 Å². The van der Waals surface area contributed by atoms with Crippen LogP contribution in [0.1, 0.15) is 83.5 Å². The molecule has 0 bridgehead atoms. The second-order valence-electron chi connectivity index (χ2n) is 8.20. The molecule has 24 heavy (non-hydrogen) atoms. The van der Waals surface area contributed by atoms with Crippen LogP contribution in [0.2, 0.25) is 0 Å². The Balaban J connectivity index is 2.13. The number of rotatable bonds is 5. The van der Waals surface area contributed by atoms with E-state index in [-0.39, 0.29) is 11.5 Å². The Morgan fingerprint density at radius 3 is 2.67 bits per heavy atom. The fraction of sp³-hybridized carbons (Fsp3) is 0.667. The van der Waals surface area contributed by atoms with E-state index in [0.29, 0.717) is 5.92 Å². The van der Waals surface area contributed by atoms with Crippen molar-refractivity contribution in [3.05, 3.63) is 35.9 Å². The topological polar surface area (TPSA) is 26.5 Å². The number of nitrogens with zero attached hydrogens (tertiary/aromatic N) is 2. The molecule has 3 heteroatoms. The summed E-state index contributed by atoms with van der Waals surface area (Å²) in [7, 11) is 0. The smallest absolute Gasteiger partial charge is 0.0992 e. The quantitative estimate of drug-likeness (QED) is 0.698. The van der Waals surface area contributed by atoms with E-state index in [4.69, 9.17) is 4.74 Å². The Labute approximate surface area is 146 Å². The van der Waals surface area contributed by atoms with Crippen LogP contribution in [-0.4, -0.2) is 16.0 Å². The third-order valence-corrected chi connectivity index (χ3v) is 5.93. The molecule has 1 atom stereocenters. The highest BCUT2D eigenvalue weighted by Gasteiger charge is 2.40. The highest BCUT2D eigenvalue weighted by Crippen LogP contribution is 2.51. The van der Waals surface area contributed by atoms with Crippen LogP contribution in [0.25, 0.3) is 5.52 Å². The van der Waals surface area contributed by atoms with Crippen LogP contribution in [0, 0.1) is 11.3 Å². The lowest BCUT2D eigenvalue weighted by atomic mass is 9.66. The summed E-state index contributed by atoms with van der Waals surface area (Å²) in [5.41, 5.74) is 4.18. The van der Waals surface area contributed by atoms with Crippen molar-refractivity contribution in [1.29, 1.82) is 0 Å². The highest BCUT2D eigenvalue weighted by molar-refractivity contribution is 5.59. The van der Waals surface area contributed by atoms with Gasteiger partial charge in [0.2, 0.25) is 0 Å². The number of fused-ring (bicyclic) bond motifs is 1. The fourth-order valence-electron chi connectivity index (χ4n) is 4.30. The first kappa shape index (κ1) is 17.5. The molecule has 0 radical (unpaired) electrons. The number of imidazole rings is 1. The van der Waals surface area contributed by atoms with Crippen LogP contribution in [0.15, 0.2) is 24.8 Å². The predicted molar refractivity (Wildman–Crippen MR) is 99.4 cm³/mol. The molecule has 0 amide bonds. The van der Waals surface area contributed by atoms with Crippen molar-refractivity contribution < 1.29 is 4.74 Å². The van der Waals surface area contributed by atoms with Crippen LogP contribution < -0.4 is 0 Å². The molecule has 0 spiro atoms. The molecule has 0 saturated heterocycles. The molecule has 132 valence electrons. The molecular weight excluding hydrogens is 296 g/mol. The third-order valence-electron chi connectivity index (χ3n) is 5.93. The van der Waals surface area contributed by atoms with Gasteiger partial charge < -0.3 is 9.14 Å². The molecule has 2 aromatic rings. The van der Waals surface area contributed by atoms with Gasteiger partial charge in [-0.15, -0.1) is 0 Å². The molecule has 3 rings (SSSR count). The van der Waals surface area contributed by atoms with E-state index in [9.17, 15) is 0 Å². The Bertz CT molecular complexity index is 680. The lowest BCUT2D eigenvalue weighted by molar-refractivity contribution is -0.0535. The molecule has 1 aliphatic rings. The summed E-state index contributed by atoms with van der Waals surface area (Å²) >= 11 is 0. The van der Waals surface area contributed by atoms with E-state index < -0.39 is 0 Å². The van der Waals surface area contributed by atoms with Crippen molar-refractivity contribution in [2.75, 3.05) is 6.61 Å². The number of hydrogen-bond acceptors (Lipinski definition) is 2. The van der Waals surface area contributed by atoms with E-state index in [0.717, 1.165) is 12.5 Å². The molecule has 3 nitrogen and oxygen atoms in total. The van der Waals surface area contributed by atoms with Gasteiger partial charge in [-0.05, 0) is 48.6 Å². The van der Waals surface area contributed by atoms with Gasteiger partial charge in [0.05, 0.1) is 24.1 Å². The minimum absolute atomic E-state index is 0.146. The van der Waals surface area contributed by atoms with Gasteiger partial charge in [0.25, 0.3) is 0 Å². The molecule has 0 aromatic carbocycles. The molecule has 0 unspecified atom stereocenters. The summed E-state index contributed by atoms with van der Waals surface area (Å²) in [4.78, 5) is 4.39. The van der Waals surface area contributed by atoms with Gasteiger partial charge in [-0.2, -0.15) is 0 Å². The zero-order valence-electron chi connectivity index (χ0n) is 15.9. The molecular formula is C21H32N2O. The largest absolute Gasteiger partial charge is 0.373 e. The van der Waals surface area contributed by atoms with Gasteiger partial charge in [0.15, 0.2) is 0 Å². The monoisotopic (exact) mass is 328 g/mol. The zero-order valence-corrected chi connectivity index (χ0v) is 15.9. The van der Waals surface area contributed by atoms with Crippen LogP contribution in [0.4, 0.5) is 0 Å². The fourth-order valence-corrected chi connectivity index (χ4v) is 4.30. The summed E-state index contributed by atoms with van der Waals surface area (Å²) in [5.74, 6) is 1.32. The SMILES string of the molecule is CCO[C@@H](c1c(C(C)C)ccn2cncc12)C1(C)CCC(C)CC1. The number of ether oxygens (including phenoxy) is 1. The van der Waals surface area contributed by atoms with E-state index in [1.54, 1.807) is 0 Å². The molecule has 1 fully saturated rings. The minimum atomic E-state index is 0.146. The average molecular weight is 329 g/mol. The summed E-state index contributed by atoms with van der Waals surface area (Å²) < 4.78 is 8.57. The van der Waals surface area contributed by atoms with Crippen molar-refractivity contribution in [3.63, 3.8) is 0 Å². The van der Waals surface area contributed by atoms with Crippen LogP contribution in [-0.2, 0) is 4.74 Å². The second kappa shape index (κ2) is 6.87. The average Bonchev–Trinajstić information content (AvgIpc) is 3.03. The lowest BCUT2D eigenvalue weighted by Gasteiger charge is -2.43. The first-order chi connectivity index (χ1) is 11.5. The Kier molecular flexibility index (Phi) is 5.00. The van der Waals surface area contributed by atoms with Gasteiger partial charge in [0, 0.05) is 18.4 Å². The van der Waals surface area contributed by atoms with E-state index >= 15 is 0 Å². The van der Waals surface area contributed by atoms with Crippen LogP contribution in [0.5, 0.6) is 0 Å². The molecule has 2 heterocycles.